The number of hydrogen-bond acceptors (Lipinski definition) is 5. The zero-order chi connectivity index (χ0) is 13.8. The Labute approximate surface area is 111 Å². The van der Waals surface area contributed by atoms with Crippen molar-refractivity contribution in [2.45, 2.75) is 32.7 Å². The lowest BCUT2D eigenvalue weighted by atomic mass is 9.98. The van der Waals surface area contributed by atoms with Crippen LogP contribution in [0.25, 0.3) is 0 Å². The zero-order valence-electron chi connectivity index (χ0n) is 11.4. The Hall–Kier alpha value is -1.63. The summed E-state index contributed by atoms with van der Waals surface area (Å²) in [6.45, 7) is 6.83. The predicted octanol–water partition coefficient (Wildman–Crippen LogP) is -0.327. The van der Waals surface area contributed by atoms with Crippen molar-refractivity contribution in [1.82, 2.24) is 20.5 Å². The first-order valence-corrected chi connectivity index (χ1v) is 6.74. The first-order chi connectivity index (χ1) is 9.08. The van der Waals surface area contributed by atoms with Crippen LogP contribution in [0.4, 0.5) is 5.82 Å². The van der Waals surface area contributed by atoms with Crippen LogP contribution in [0.2, 0.25) is 0 Å². The van der Waals surface area contributed by atoms with E-state index in [1.165, 1.54) is 0 Å². The number of H-pyrrole nitrogens is 2. The molecule has 7 heteroatoms. The molecule has 106 valence electrons. The summed E-state index contributed by atoms with van der Waals surface area (Å²) >= 11 is 0. The fourth-order valence-electron chi connectivity index (χ4n) is 2.44. The zero-order valence-corrected chi connectivity index (χ0v) is 11.4. The van der Waals surface area contributed by atoms with Crippen LogP contribution in [0, 0.1) is 5.92 Å². The van der Waals surface area contributed by atoms with Gasteiger partial charge in [-0.15, -0.1) is 5.10 Å². The number of nitrogens with one attached hydrogen (secondary N) is 3. The van der Waals surface area contributed by atoms with Gasteiger partial charge in [-0.1, -0.05) is 0 Å². The Morgan fingerprint density at radius 3 is 2.79 bits per heavy atom. The van der Waals surface area contributed by atoms with Crippen molar-refractivity contribution in [2.75, 3.05) is 24.5 Å². The molecule has 0 radical (unpaired) electrons. The summed E-state index contributed by atoms with van der Waals surface area (Å²) in [6, 6.07) is 0.154. The highest BCUT2D eigenvalue weighted by molar-refractivity contribution is 5.35. The van der Waals surface area contributed by atoms with Gasteiger partial charge in [0, 0.05) is 12.6 Å². The van der Waals surface area contributed by atoms with Gasteiger partial charge in [0.05, 0.1) is 0 Å². The third-order valence-electron chi connectivity index (χ3n) is 3.44. The second-order valence-electron chi connectivity index (χ2n) is 5.29. The maximum atomic E-state index is 11.8. The minimum absolute atomic E-state index is 0.154. The van der Waals surface area contributed by atoms with Crippen LogP contribution in [0.15, 0.2) is 9.59 Å². The Morgan fingerprint density at radius 1 is 1.42 bits per heavy atom. The van der Waals surface area contributed by atoms with E-state index in [0.29, 0.717) is 11.7 Å². The number of hydrogen-bond donors (Lipinski definition) is 3. The topological polar surface area (TPSA) is 93.9 Å². The first-order valence-electron chi connectivity index (χ1n) is 6.74. The highest BCUT2D eigenvalue weighted by atomic mass is 16.2. The van der Waals surface area contributed by atoms with E-state index >= 15 is 0 Å². The van der Waals surface area contributed by atoms with Crippen molar-refractivity contribution in [3.05, 3.63) is 20.8 Å². The maximum absolute atomic E-state index is 11.8. The molecule has 2 rings (SSSR count). The minimum atomic E-state index is -0.572. The van der Waals surface area contributed by atoms with Crippen LogP contribution in [-0.2, 0) is 0 Å². The fourth-order valence-corrected chi connectivity index (χ4v) is 2.44. The molecule has 1 aromatic heterocycles. The summed E-state index contributed by atoms with van der Waals surface area (Å²) < 4.78 is 0. The van der Waals surface area contributed by atoms with Crippen LogP contribution in [0.3, 0.4) is 0 Å². The minimum Gasteiger partial charge on any atom is -0.348 e. The van der Waals surface area contributed by atoms with Gasteiger partial charge >= 0.3 is 5.69 Å². The number of rotatable bonds is 4. The third kappa shape index (κ3) is 3.44. The normalized spacial score (nSPS) is 19.6. The molecule has 1 aliphatic heterocycles. The molecule has 0 saturated carbocycles. The summed E-state index contributed by atoms with van der Waals surface area (Å²) in [4.78, 5) is 27.0. The average Bonchev–Trinajstić information content (AvgIpc) is 2.38. The molecule has 3 N–H and O–H groups in total. The van der Waals surface area contributed by atoms with E-state index in [-0.39, 0.29) is 6.04 Å². The number of aromatic nitrogens is 3. The van der Waals surface area contributed by atoms with Crippen LogP contribution in [-0.4, -0.2) is 40.9 Å². The second-order valence-corrected chi connectivity index (χ2v) is 5.29. The molecule has 1 atom stereocenters. The molecular weight excluding hydrogens is 246 g/mol. The SMILES string of the molecule is CC(C)N(CC1CCCNC1)c1n[nH]c(=O)[nH]c1=O. The van der Waals surface area contributed by atoms with Gasteiger partial charge in [0.25, 0.3) is 5.56 Å². The van der Waals surface area contributed by atoms with Gasteiger partial charge in [-0.25, -0.2) is 9.89 Å². The summed E-state index contributed by atoms with van der Waals surface area (Å²) in [5, 5.41) is 9.55. The molecule has 0 aliphatic carbocycles. The van der Waals surface area contributed by atoms with Crippen molar-refractivity contribution in [2.24, 2.45) is 5.92 Å². The lowest BCUT2D eigenvalue weighted by Crippen LogP contribution is -2.44. The van der Waals surface area contributed by atoms with E-state index < -0.39 is 11.2 Å². The second kappa shape index (κ2) is 6.01. The molecular formula is C12H21N5O2. The molecule has 0 spiro atoms. The van der Waals surface area contributed by atoms with Crippen LogP contribution >= 0.6 is 0 Å². The van der Waals surface area contributed by atoms with Crippen LogP contribution < -0.4 is 21.5 Å². The van der Waals surface area contributed by atoms with Gasteiger partial charge in [0.2, 0.25) is 5.82 Å². The summed E-state index contributed by atoms with van der Waals surface area (Å²) in [7, 11) is 0. The monoisotopic (exact) mass is 267 g/mol. The highest BCUT2D eigenvalue weighted by Crippen LogP contribution is 2.16. The van der Waals surface area contributed by atoms with E-state index in [9.17, 15) is 9.59 Å². The fraction of sp³-hybridized carbons (Fsp3) is 0.750. The van der Waals surface area contributed by atoms with E-state index in [4.69, 9.17) is 0 Å². The molecule has 2 heterocycles. The Kier molecular flexibility index (Phi) is 4.36. The third-order valence-corrected chi connectivity index (χ3v) is 3.44. The smallest absolute Gasteiger partial charge is 0.342 e. The standard InChI is InChI=1S/C12H21N5O2/c1-8(2)17(7-9-4-3-5-13-6-9)10-11(18)14-12(19)16-15-10/h8-9,13H,3-7H2,1-2H3,(H2,14,16,18,19). The van der Waals surface area contributed by atoms with Crippen LogP contribution in [0.1, 0.15) is 26.7 Å². The van der Waals surface area contributed by atoms with Gasteiger partial charge in [-0.2, -0.15) is 0 Å². The van der Waals surface area contributed by atoms with E-state index in [2.05, 4.69) is 20.5 Å². The van der Waals surface area contributed by atoms with Crippen molar-refractivity contribution >= 4 is 5.82 Å². The molecule has 1 fully saturated rings. The predicted molar refractivity (Wildman–Crippen MR) is 73.6 cm³/mol. The molecule has 0 bridgehead atoms. The summed E-state index contributed by atoms with van der Waals surface area (Å²) in [6.07, 6.45) is 2.31. The average molecular weight is 267 g/mol. The molecule has 19 heavy (non-hydrogen) atoms. The van der Waals surface area contributed by atoms with Gasteiger partial charge in [-0.05, 0) is 45.7 Å². The quantitative estimate of drug-likeness (QED) is 0.694. The molecule has 1 aliphatic rings. The van der Waals surface area contributed by atoms with Gasteiger partial charge in [0.15, 0.2) is 0 Å². The summed E-state index contributed by atoms with van der Waals surface area (Å²) in [5.74, 6) is 0.796. The number of piperidine rings is 1. The van der Waals surface area contributed by atoms with Crippen molar-refractivity contribution in [1.29, 1.82) is 0 Å². The lowest BCUT2D eigenvalue weighted by molar-refractivity contribution is 0.369. The van der Waals surface area contributed by atoms with E-state index in [1.807, 2.05) is 18.7 Å². The van der Waals surface area contributed by atoms with E-state index in [0.717, 1.165) is 32.5 Å². The van der Waals surface area contributed by atoms with Gasteiger partial charge in [0.1, 0.15) is 0 Å². The van der Waals surface area contributed by atoms with Gasteiger partial charge in [-0.3, -0.25) is 9.78 Å². The molecule has 7 nitrogen and oxygen atoms in total. The number of aromatic amines is 2. The highest BCUT2D eigenvalue weighted by Gasteiger charge is 2.22. The lowest BCUT2D eigenvalue weighted by Gasteiger charge is -2.32. The first kappa shape index (κ1) is 13.8. The van der Waals surface area contributed by atoms with Gasteiger partial charge < -0.3 is 10.2 Å². The molecule has 1 saturated heterocycles. The van der Waals surface area contributed by atoms with Crippen molar-refractivity contribution < 1.29 is 0 Å². The van der Waals surface area contributed by atoms with Crippen LogP contribution in [0.5, 0.6) is 0 Å². The molecule has 0 aromatic carbocycles. The Morgan fingerprint density at radius 2 is 2.21 bits per heavy atom. The molecule has 1 aromatic rings. The maximum Gasteiger partial charge on any atom is 0.342 e. The Balaban J connectivity index is 2.19. The van der Waals surface area contributed by atoms with E-state index in [1.54, 1.807) is 0 Å². The molecule has 1 unspecified atom stereocenters. The Bertz CT molecular complexity index is 515. The van der Waals surface area contributed by atoms with Crippen molar-refractivity contribution in [3.63, 3.8) is 0 Å². The summed E-state index contributed by atoms with van der Waals surface area (Å²) in [5.41, 5.74) is -1.00. The number of nitrogens with zero attached hydrogens (tertiary/aromatic N) is 2. The van der Waals surface area contributed by atoms with Crippen molar-refractivity contribution in [3.8, 4) is 0 Å². The molecule has 0 amide bonds. The largest absolute Gasteiger partial charge is 0.348 e. The number of anilines is 1.